The van der Waals surface area contributed by atoms with Crippen LogP contribution in [0.25, 0.3) is 0 Å². The molecule has 1 amide bonds. The topological polar surface area (TPSA) is 23.6 Å². The maximum Gasteiger partial charge on any atom is 0.219 e. The van der Waals surface area contributed by atoms with Crippen molar-refractivity contribution in [2.24, 2.45) is 0 Å². The van der Waals surface area contributed by atoms with Gasteiger partial charge in [-0.15, -0.1) is 0 Å². The molecule has 0 aromatic rings. The highest BCUT2D eigenvalue weighted by Gasteiger charge is 2.16. The van der Waals surface area contributed by atoms with E-state index in [1.165, 1.54) is 0 Å². The zero-order valence-corrected chi connectivity index (χ0v) is 7.21. The number of hydrogen-bond donors (Lipinski definition) is 0. The first-order valence-electron chi connectivity index (χ1n) is 4.03. The van der Waals surface area contributed by atoms with Crippen LogP contribution in [0, 0.1) is 6.54 Å². The molecule has 1 aliphatic rings. The molecule has 63 valence electrons. The molecule has 1 saturated heterocycles. The number of carbonyl (C=O) groups excluding carboxylic acids is 1. The third-order valence-electron chi connectivity index (χ3n) is 2.12. The second kappa shape index (κ2) is 3.72. The lowest BCUT2D eigenvalue weighted by molar-refractivity contribution is -0.130. The van der Waals surface area contributed by atoms with Gasteiger partial charge in [-0.25, -0.2) is 0 Å². The molecule has 3 nitrogen and oxygen atoms in total. The molecule has 1 rings (SSSR count). The van der Waals surface area contributed by atoms with Crippen molar-refractivity contribution >= 4 is 5.91 Å². The van der Waals surface area contributed by atoms with Crippen LogP contribution in [0.15, 0.2) is 0 Å². The Morgan fingerprint density at radius 2 is 1.82 bits per heavy atom. The summed E-state index contributed by atoms with van der Waals surface area (Å²) >= 11 is 0. The molecule has 0 aliphatic carbocycles. The van der Waals surface area contributed by atoms with Gasteiger partial charge in [0.25, 0.3) is 0 Å². The van der Waals surface area contributed by atoms with Crippen molar-refractivity contribution < 1.29 is 4.79 Å². The first-order valence-corrected chi connectivity index (χ1v) is 4.03. The Kier molecular flexibility index (Phi) is 2.88. The minimum Gasteiger partial charge on any atom is -0.340 e. The summed E-state index contributed by atoms with van der Waals surface area (Å²) in [6.07, 6.45) is 0. The van der Waals surface area contributed by atoms with E-state index < -0.39 is 0 Å². The standard InChI is InChI=1S/C8H15N2O/c1-3-9-4-6-10(7-5-9)8(2)11/h3H,4-7H2,1-2H3. The lowest BCUT2D eigenvalue weighted by atomic mass is 10.3. The van der Waals surface area contributed by atoms with Gasteiger partial charge >= 0.3 is 0 Å². The highest BCUT2D eigenvalue weighted by molar-refractivity contribution is 5.73. The molecule has 0 bridgehead atoms. The van der Waals surface area contributed by atoms with Crippen LogP contribution in [0.4, 0.5) is 0 Å². The second-order valence-corrected chi connectivity index (χ2v) is 2.80. The van der Waals surface area contributed by atoms with Crippen LogP contribution in [0.2, 0.25) is 0 Å². The number of nitrogens with zero attached hydrogens (tertiary/aromatic N) is 2. The van der Waals surface area contributed by atoms with Gasteiger partial charge in [0, 0.05) is 39.6 Å². The highest BCUT2D eigenvalue weighted by Crippen LogP contribution is 2.02. The lowest BCUT2D eigenvalue weighted by Gasteiger charge is -2.33. The summed E-state index contributed by atoms with van der Waals surface area (Å²) in [4.78, 5) is 15.0. The van der Waals surface area contributed by atoms with Gasteiger partial charge in [-0.1, -0.05) is 0 Å². The van der Waals surface area contributed by atoms with Crippen molar-refractivity contribution in [1.29, 1.82) is 0 Å². The molecule has 0 N–H and O–H groups in total. The zero-order valence-electron chi connectivity index (χ0n) is 7.21. The van der Waals surface area contributed by atoms with Gasteiger partial charge in [-0.05, 0) is 6.92 Å². The van der Waals surface area contributed by atoms with Crippen molar-refractivity contribution in [3.8, 4) is 0 Å². The Balaban J connectivity index is 2.30. The molecule has 1 radical (unpaired) electrons. The van der Waals surface area contributed by atoms with Crippen LogP contribution in [0.5, 0.6) is 0 Å². The summed E-state index contributed by atoms with van der Waals surface area (Å²) in [5.41, 5.74) is 0. The first kappa shape index (κ1) is 8.53. The van der Waals surface area contributed by atoms with Crippen molar-refractivity contribution in [3.05, 3.63) is 6.54 Å². The number of hydrogen-bond acceptors (Lipinski definition) is 2. The van der Waals surface area contributed by atoms with E-state index in [1.54, 1.807) is 6.92 Å². The predicted octanol–water partition coefficient (Wildman–Crippen LogP) is 0.332. The third kappa shape index (κ3) is 2.19. The SMILES string of the molecule is C[CH]N1CCN(C(C)=O)CC1. The third-order valence-corrected chi connectivity index (χ3v) is 2.12. The average Bonchev–Trinajstić information content (AvgIpc) is 2.05. The van der Waals surface area contributed by atoms with Crippen molar-refractivity contribution in [2.45, 2.75) is 13.8 Å². The van der Waals surface area contributed by atoms with E-state index in [4.69, 9.17) is 0 Å². The van der Waals surface area contributed by atoms with Gasteiger partial charge in [-0.2, -0.15) is 0 Å². The summed E-state index contributed by atoms with van der Waals surface area (Å²) in [6.45, 7) is 9.46. The molecule has 0 aromatic heterocycles. The quantitative estimate of drug-likeness (QED) is 0.545. The maximum atomic E-state index is 10.9. The zero-order chi connectivity index (χ0) is 8.27. The molecule has 1 heterocycles. The Bertz CT molecular complexity index is 139. The van der Waals surface area contributed by atoms with Crippen LogP contribution in [-0.2, 0) is 4.79 Å². The molecule has 3 heteroatoms. The first-order chi connectivity index (χ1) is 5.24. The fraction of sp³-hybridized carbons (Fsp3) is 0.750. The van der Waals surface area contributed by atoms with Gasteiger partial charge in [-0.3, -0.25) is 9.69 Å². The molecular formula is C8H15N2O. The molecular weight excluding hydrogens is 140 g/mol. The Morgan fingerprint density at radius 1 is 1.27 bits per heavy atom. The molecule has 1 aliphatic heterocycles. The minimum atomic E-state index is 0.195. The monoisotopic (exact) mass is 155 g/mol. The van der Waals surface area contributed by atoms with Gasteiger partial charge < -0.3 is 4.90 Å². The minimum absolute atomic E-state index is 0.195. The summed E-state index contributed by atoms with van der Waals surface area (Å²) in [6, 6.07) is 0. The van der Waals surface area contributed by atoms with Crippen LogP contribution in [0.1, 0.15) is 13.8 Å². The van der Waals surface area contributed by atoms with E-state index in [1.807, 2.05) is 11.8 Å². The molecule has 0 atom stereocenters. The number of carbonyl (C=O) groups is 1. The summed E-state index contributed by atoms with van der Waals surface area (Å²) in [5.74, 6) is 0.195. The van der Waals surface area contributed by atoms with Gasteiger partial charge in [0.15, 0.2) is 0 Å². The maximum absolute atomic E-state index is 10.9. The van der Waals surface area contributed by atoms with Crippen molar-refractivity contribution in [2.75, 3.05) is 26.2 Å². The Hall–Kier alpha value is -0.570. The number of amides is 1. The lowest BCUT2D eigenvalue weighted by Crippen LogP contribution is -2.46. The second-order valence-electron chi connectivity index (χ2n) is 2.80. The van der Waals surface area contributed by atoms with Crippen LogP contribution < -0.4 is 0 Å². The van der Waals surface area contributed by atoms with E-state index in [2.05, 4.69) is 11.4 Å². The predicted molar refractivity (Wildman–Crippen MR) is 43.8 cm³/mol. The fourth-order valence-electron chi connectivity index (χ4n) is 1.30. The van der Waals surface area contributed by atoms with Gasteiger partial charge in [0.1, 0.15) is 0 Å². The molecule has 1 fully saturated rings. The Labute approximate surface area is 68.0 Å². The summed E-state index contributed by atoms with van der Waals surface area (Å²) in [7, 11) is 0. The number of piperazine rings is 1. The number of rotatable bonds is 1. The Morgan fingerprint density at radius 3 is 2.18 bits per heavy atom. The van der Waals surface area contributed by atoms with Crippen LogP contribution in [-0.4, -0.2) is 41.9 Å². The van der Waals surface area contributed by atoms with Gasteiger partial charge in [0.05, 0.1) is 0 Å². The smallest absolute Gasteiger partial charge is 0.219 e. The van der Waals surface area contributed by atoms with Crippen molar-refractivity contribution in [1.82, 2.24) is 9.80 Å². The van der Waals surface area contributed by atoms with Crippen molar-refractivity contribution in [3.63, 3.8) is 0 Å². The van der Waals surface area contributed by atoms with Crippen LogP contribution >= 0.6 is 0 Å². The normalized spacial score (nSPS) is 20.4. The van der Waals surface area contributed by atoms with E-state index in [9.17, 15) is 4.79 Å². The average molecular weight is 155 g/mol. The molecule has 0 saturated carbocycles. The highest BCUT2D eigenvalue weighted by atomic mass is 16.2. The fourth-order valence-corrected chi connectivity index (χ4v) is 1.30. The summed E-state index contributed by atoms with van der Waals surface area (Å²) < 4.78 is 0. The molecule has 0 aromatic carbocycles. The van der Waals surface area contributed by atoms with E-state index >= 15 is 0 Å². The van der Waals surface area contributed by atoms with E-state index in [-0.39, 0.29) is 5.91 Å². The molecule has 11 heavy (non-hydrogen) atoms. The molecule has 0 spiro atoms. The van der Waals surface area contributed by atoms with E-state index in [0.717, 1.165) is 26.2 Å². The van der Waals surface area contributed by atoms with Gasteiger partial charge in [0.2, 0.25) is 5.91 Å². The largest absolute Gasteiger partial charge is 0.340 e. The summed E-state index contributed by atoms with van der Waals surface area (Å²) in [5, 5.41) is 0. The van der Waals surface area contributed by atoms with E-state index in [0.29, 0.717) is 0 Å². The molecule has 0 unspecified atom stereocenters. The van der Waals surface area contributed by atoms with Crippen LogP contribution in [0.3, 0.4) is 0 Å².